The van der Waals surface area contributed by atoms with E-state index in [4.69, 9.17) is 16.6 Å². The Hall–Kier alpha value is -1.63. The van der Waals surface area contributed by atoms with Crippen molar-refractivity contribution in [1.29, 1.82) is 0 Å². The van der Waals surface area contributed by atoms with E-state index in [-0.39, 0.29) is 18.6 Å². The lowest BCUT2D eigenvalue weighted by Gasteiger charge is -2.07. The molecule has 1 saturated heterocycles. The van der Waals surface area contributed by atoms with Crippen LogP contribution in [0.25, 0.3) is 0 Å². The number of primary amides is 1. The fourth-order valence-corrected chi connectivity index (χ4v) is 1.69. The lowest BCUT2D eigenvalue weighted by atomic mass is 10.1. The van der Waals surface area contributed by atoms with Crippen LogP contribution in [0, 0.1) is 5.92 Å². The van der Waals surface area contributed by atoms with Crippen molar-refractivity contribution in [3.63, 3.8) is 0 Å². The van der Waals surface area contributed by atoms with Gasteiger partial charge in [0, 0.05) is 19.0 Å². The number of hydrogen-bond acceptors (Lipinski definition) is 5. The Labute approximate surface area is 112 Å². The van der Waals surface area contributed by atoms with E-state index >= 15 is 0 Å². The number of nitrogens with one attached hydrogen (secondary N) is 1. The van der Waals surface area contributed by atoms with Crippen LogP contribution in [0.1, 0.15) is 5.56 Å². The minimum Gasteiger partial charge on any atom is -0.445 e. The summed E-state index contributed by atoms with van der Waals surface area (Å²) in [4.78, 5) is 10.2. The van der Waals surface area contributed by atoms with Crippen LogP contribution in [-0.2, 0) is 11.3 Å². The van der Waals surface area contributed by atoms with Crippen molar-refractivity contribution >= 4 is 6.09 Å². The summed E-state index contributed by atoms with van der Waals surface area (Å²) in [5, 5.41) is 12.1. The molecule has 1 aromatic carbocycles. The van der Waals surface area contributed by atoms with E-state index in [9.17, 15) is 4.79 Å². The highest BCUT2D eigenvalue weighted by atomic mass is 16.5. The Morgan fingerprint density at radius 3 is 2.47 bits per heavy atom. The van der Waals surface area contributed by atoms with Crippen LogP contribution in [0.3, 0.4) is 0 Å². The fraction of sp³-hybridized carbons (Fsp3) is 0.462. The van der Waals surface area contributed by atoms with Crippen LogP contribution < -0.4 is 16.8 Å². The van der Waals surface area contributed by atoms with Gasteiger partial charge in [0.05, 0.1) is 6.10 Å². The first-order chi connectivity index (χ1) is 9.13. The predicted octanol–water partition coefficient (Wildman–Crippen LogP) is -0.193. The molecule has 6 heteroatoms. The third-order valence-electron chi connectivity index (χ3n) is 2.83. The number of ether oxygens (including phenoxy) is 1. The Balaban J connectivity index is 0.000000200. The molecule has 0 spiro atoms. The highest BCUT2D eigenvalue weighted by Gasteiger charge is 2.22. The van der Waals surface area contributed by atoms with E-state index in [0.717, 1.165) is 12.1 Å². The zero-order chi connectivity index (χ0) is 14.1. The van der Waals surface area contributed by atoms with E-state index in [1.165, 1.54) is 0 Å². The Morgan fingerprint density at radius 2 is 2.05 bits per heavy atom. The van der Waals surface area contributed by atoms with E-state index in [0.29, 0.717) is 13.1 Å². The number of hydrogen-bond donors (Lipinski definition) is 4. The average molecular weight is 267 g/mol. The summed E-state index contributed by atoms with van der Waals surface area (Å²) in [5.41, 5.74) is 11.0. The topological polar surface area (TPSA) is 111 Å². The quantitative estimate of drug-likeness (QED) is 0.606. The van der Waals surface area contributed by atoms with Crippen molar-refractivity contribution in [2.45, 2.75) is 12.7 Å². The summed E-state index contributed by atoms with van der Waals surface area (Å²) in [6.07, 6.45) is -0.950. The predicted molar refractivity (Wildman–Crippen MR) is 72.2 cm³/mol. The molecule has 0 aromatic heterocycles. The largest absolute Gasteiger partial charge is 0.445 e. The molecule has 1 aliphatic heterocycles. The van der Waals surface area contributed by atoms with Crippen molar-refractivity contribution in [1.82, 2.24) is 5.32 Å². The second-order valence-electron chi connectivity index (χ2n) is 4.31. The molecule has 1 heterocycles. The van der Waals surface area contributed by atoms with Crippen LogP contribution >= 0.6 is 0 Å². The van der Waals surface area contributed by atoms with Crippen molar-refractivity contribution in [3.05, 3.63) is 35.9 Å². The molecule has 2 unspecified atom stereocenters. The van der Waals surface area contributed by atoms with Gasteiger partial charge in [-0.1, -0.05) is 30.3 Å². The normalized spacial score (nSPS) is 21.4. The SMILES string of the molecule is NC(=O)OCc1ccccc1.NCC1CNCC1O. The number of β-amino-alcohol motifs (C(OH)–C–C–N with tert-alkyl or cyclic N) is 1. The van der Waals surface area contributed by atoms with Gasteiger partial charge in [0.15, 0.2) is 0 Å². The van der Waals surface area contributed by atoms with Gasteiger partial charge in [-0.05, 0) is 12.1 Å². The van der Waals surface area contributed by atoms with E-state index in [1.807, 2.05) is 30.3 Å². The molecule has 0 saturated carbocycles. The zero-order valence-corrected chi connectivity index (χ0v) is 10.8. The van der Waals surface area contributed by atoms with Gasteiger partial charge in [-0.2, -0.15) is 0 Å². The highest BCUT2D eigenvalue weighted by molar-refractivity contribution is 5.64. The maximum atomic E-state index is 10.2. The van der Waals surface area contributed by atoms with Gasteiger partial charge in [0.25, 0.3) is 0 Å². The molecular weight excluding hydrogens is 246 g/mol. The van der Waals surface area contributed by atoms with Gasteiger partial charge < -0.3 is 26.6 Å². The first-order valence-corrected chi connectivity index (χ1v) is 6.18. The molecule has 6 nitrogen and oxygen atoms in total. The van der Waals surface area contributed by atoms with Crippen molar-refractivity contribution < 1.29 is 14.6 Å². The standard InChI is InChI=1S/C8H9NO2.C5H12N2O/c9-8(10)11-6-7-4-2-1-3-5-7;6-1-4-2-7-3-5(4)8/h1-5H,6H2,(H2,9,10);4-5,7-8H,1-3,6H2. The summed E-state index contributed by atoms with van der Waals surface area (Å²) in [5.74, 6) is 0.287. The number of aliphatic hydroxyl groups is 1. The Kier molecular flexibility index (Phi) is 6.88. The number of nitrogens with two attached hydrogens (primary N) is 2. The second-order valence-corrected chi connectivity index (χ2v) is 4.31. The summed E-state index contributed by atoms with van der Waals surface area (Å²) in [6.45, 7) is 2.42. The van der Waals surface area contributed by atoms with Crippen LogP contribution in [0.2, 0.25) is 0 Å². The second kappa shape index (κ2) is 8.47. The maximum Gasteiger partial charge on any atom is 0.404 e. The van der Waals surface area contributed by atoms with E-state index in [1.54, 1.807) is 0 Å². The smallest absolute Gasteiger partial charge is 0.404 e. The van der Waals surface area contributed by atoms with Gasteiger partial charge in [-0.3, -0.25) is 0 Å². The fourth-order valence-electron chi connectivity index (χ4n) is 1.69. The molecule has 0 aliphatic carbocycles. The summed E-state index contributed by atoms with van der Waals surface area (Å²) < 4.78 is 4.57. The van der Waals surface area contributed by atoms with Crippen molar-refractivity contribution in [3.8, 4) is 0 Å². The monoisotopic (exact) mass is 267 g/mol. The number of rotatable bonds is 3. The number of aliphatic hydroxyl groups excluding tert-OH is 1. The first kappa shape index (κ1) is 15.4. The molecule has 2 atom stereocenters. The lowest BCUT2D eigenvalue weighted by Crippen LogP contribution is -2.25. The summed E-state index contributed by atoms with van der Waals surface area (Å²) in [6, 6.07) is 9.37. The molecule has 106 valence electrons. The van der Waals surface area contributed by atoms with Crippen LogP contribution in [-0.4, -0.2) is 36.9 Å². The Bertz CT molecular complexity index is 373. The third kappa shape index (κ3) is 6.19. The molecule has 6 N–H and O–H groups in total. The zero-order valence-electron chi connectivity index (χ0n) is 10.8. The molecule has 19 heavy (non-hydrogen) atoms. The van der Waals surface area contributed by atoms with E-state index in [2.05, 4.69) is 10.1 Å². The number of carbonyl (C=O) groups is 1. The van der Waals surface area contributed by atoms with Crippen LogP contribution in [0.5, 0.6) is 0 Å². The molecule has 1 amide bonds. The molecule has 0 radical (unpaired) electrons. The van der Waals surface area contributed by atoms with Crippen molar-refractivity contribution in [2.75, 3.05) is 19.6 Å². The highest BCUT2D eigenvalue weighted by Crippen LogP contribution is 2.05. The average Bonchev–Trinajstić information content (AvgIpc) is 2.84. The minimum absolute atomic E-state index is 0.208. The van der Waals surface area contributed by atoms with Crippen LogP contribution in [0.4, 0.5) is 4.79 Å². The van der Waals surface area contributed by atoms with E-state index < -0.39 is 6.09 Å². The third-order valence-corrected chi connectivity index (χ3v) is 2.83. The van der Waals surface area contributed by atoms with Crippen LogP contribution in [0.15, 0.2) is 30.3 Å². The lowest BCUT2D eigenvalue weighted by molar-refractivity contribution is 0.150. The first-order valence-electron chi connectivity index (χ1n) is 6.18. The Morgan fingerprint density at radius 1 is 1.37 bits per heavy atom. The molecule has 1 aromatic rings. The number of amides is 1. The van der Waals surface area contributed by atoms with Gasteiger partial charge in [0.2, 0.25) is 0 Å². The summed E-state index contributed by atoms with van der Waals surface area (Å²) >= 11 is 0. The minimum atomic E-state index is -0.742. The van der Waals surface area contributed by atoms with Gasteiger partial charge in [-0.25, -0.2) is 4.79 Å². The number of carbonyl (C=O) groups excluding carboxylic acids is 1. The van der Waals surface area contributed by atoms with Gasteiger partial charge in [0.1, 0.15) is 6.61 Å². The maximum absolute atomic E-state index is 10.2. The molecule has 2 rings (SSSR count). The van der Waals surface area contributed by atoms with Crippen molar-refractivity contribution in [2.24, 2.45) is 17.4 Å². The number of benzene rings is 1. The molecule has 1 aliphatic rings. The van der Waals surface area contributed by atoms with Gasteiger partial charge in [-0.15, -0.1) is 0 Å². The molecule has 0 bridgehead atoms. The molecule has 1 fully saturated rings. The summed E-state index contributed by atoms with van der Waals surface area (Å²) in [7, 11) is 0. The van der Waals surface area contributed by atoms with Gasteiger partial charge >= 0.3 is 6.09 Å². The molecular formula is C13H21N3O3.